The molecule has 0 fully saturated rings. The van der Waals surface area contributed by atoms with E-state index < -0.39 is 0 Å². The molecule has 0 saturated carbocycles. The van der Waals surface area contributed by atoms with Crippen LogP contribution in [0, 0.1) is 0 Å². The van der Waals surface area contributed by atoms with E-state index in [1.807, 2.05) is 55.1 Å². The fourth-order valence-corrected chi connectivity index (χ4v) is 4.00. The molecule has 0 unspecified atom stereocenters. The molecular weight excluding hydrogens is 450 g/mol. The maximum Gasteiger partial charge on any atom is 0.173 e. The summed E-state index contributed by atoms with van der Waals surface area (Å²) in [6, 6.07) is 29.4. The Morgan fingerprint density at radius 1 is 0.459 bits per heavy atom. The van der Waals surface area contributed by atoms with E-state index in [1.165, 1.54) is 5.56 Å². The number of rotatable bonds is 8. The Kier molecular flexibility index (Phi) is 7.85. The van der Waals surface area contributed by atoms with Gasteiger partial charge in [-0.25, -0.2) is 4.57 Å². The van der Waals surface area contributed by atoms with E-state index in [9.17, 15) is 0 Å². The van der Waals surface area contributed by atoms with Gasteiger partial charge in [-0.3, -0.25) is 9.97 Å². The molecule has 178 valence electrons. The molecule has 0 N–H and O–H groups in total. The lowest BCUT2D eigenvalue weighted by molar-refractivity contribution is -0.688. The lowest BCUT2D eigenvalue weighted by Crippen LogP contribution is -2.32. The number of benzene rings is 2. The predicted octanol–water partition coefficient (Wildman–Crippen LogP) is 7.32. The average Bonchev–Trinajstić information content (AvgIpc) is 2.96. The van der Waals surface area contributed by atoms with Crippen LogP contribution >= 0.6 is 0 Å². The Balaban J connectivity index is 1.37. The fraction of sp³-hybridized carbons (Fsp3) is 0.0294. The van der Waals surface area contributed by atoms with Crippen molar-refractivity contribution >= 4 is 36.5 Å². The molecule has 2 aromatic carbocycles. The number of pyridine rings is 3. The lowest BCUT2D eigenvalue weighted by Gasteiger charge is -2.03. The van der Waals surface area contributed by atoms with Crippen LogP contribution in [0.25, 0.3) is 36.5 Å². The first-order chi connectivity index (χ1) is 18.3. The van der Waals surface area contributed by atoms with Crippen LogP contribution in [0.15, 0.2) is 122 Å². The van der Waals surface area contributed by atoms with Crippen LogP contribution in [0.2, 0.25) is 0 Å². The van der Waals surface area contributed by atoms with Gasteiger partial charge in [-0.1, -0.05) is 66.8 Å². The zero-order valence-corrected chi connectivity index (χ0v) is 20.6. The first-order valence-corrected chi connectivity index (χ1v) is 12.3. The van der Waals surface area contributed by atoms with Crippen molar-refractivity contribution < 1.29 is 4.57 Å². The summed E-state index contributed by atoms with van der Waals surface area (Å²) in [5, 5.41) is 0. The maximum atomic E-state index is 4.10. The van der Waals surface area contributed by atoms with Crippen LogP contribution in [0.1, 0.15) is 38.9 Å². The van der Waals surface area contributed by atoms with Crippen LogP contribution in [0.4, 0.5) is 0 Å². The number of nitrogens with zero attached hydrogens (tertiary/aromatic N) is 3. The van der Waals surface area contributed by atoms with Crippen molar-refractivity contribution in [1.29, 1.82) is 0 Å². The highest BCUT2D eigenvalue weighted by atomic mass is 14.9. The Bertz CT molecular complexity index is 1430. The average molecular weight is 479 g/mol. The third kappa shape index (κ3) is 7.30. The Hall–Kier alpha value is -4.89. The van der Waals surface area contributed by atoms with Crippen molar-refractivity contribution in [2.45, 2.75) is 6.54 Å². The van der Waals surface area contributed by atoms with Crippen molar-refractivity contribution in [3.05, 3.63) is 161 Å². The molecule has 3 heteroatoms. The fourth-order valence-electron chi connectivity index (χ4n) is 4.00. The zero-order valence-electron chi connectivity index (χ0n) is 20.6. The number of aromatic nitrogens is 3. The van der Waals surface area contributed by atoms with Crippen LogP contribution in [-0.2, 0) is 6.54 Å². The van der Waals surface area contributed by atoms with Gasteiger partial charge in [-0.05, 0) is 75.8 Å². The van der Waals surface area contributed by atoms with Gasteiger partial charge in [0.05, 0.1) is 0 Å². The molecular formula is C34H28N3+. The van der Waals surface area contributed by atoms with E-state index >= 15 is 0 Å². The third-order valence-electron chi connectivity index (χ3n) is 5.94. The molecule has 37 heavy (non-hydrogen) atoms. The minimum atomic E-state index is 0.865. The van der Waals surface area contributed by atoms with Crippen molar-refractivity contribution in [2.24, 2.45) is 0 Å². The van der Waals surface area contributed by atoms with Gasteiger partial charge in [0, 0.05) is 42.5 Å². The van der Waals surface area contributed by atoms with Gasteiger partial charge in [0.1, 0.15) is 0 Å². The molecule has 0 atom stereocenters. The number of hydrogen-bond donors (Lipinski definition) is 0. The first-order valence-electron chi connectivity index (χ1n) is 12.3. The Morgan fingerprint density at radius 3 is 1.32 bits per heavy atom. The summed E-state index contributed by atoms with van der Waals surface area (Å²) < 4.78 is 2.19. The molecule has 5 rings (SSSR count). The van der Waals surface area contributed by atoms with Gasteiger partial charge in [0.25, 0.3) is 0 Å². The molecule has 0 saturated heterocycles. The molecule has 0 bridgehead atoms. The quantitative estimate of drug-likeness (QED) is 0.219. The van der Waals surface area contributed by atoms with Crippen LogP contribution in [0.3, 0.4) is 0 Å². The summed E-state index contributed by atoms with van der Waals surface area (Å²) in [5.74, 6) is 0. The summed E-state index contributed by atoms with van der Waals surface area (Å²) in [6.07, 6.45) is 24.3. The van der Waals surface area contributed by atoms with Gasteiger partial charge in [-0.15, -0.1) is 0 Å². The van der Waals surface area contributed by atoms with Crippen LogP contribution < -0.4 is 4.57 Å². The molecule has 0 spiro atoms. The summed E-state index contributed by atoms with van der Waals surface area (Å²) in [5.41, 5.74) is 8.13. The molecule has 5 aromatic rings. The molecule has 0 aliphatic carbocycles. The third-order valence-corrected chi connectivity index (χ3v) is 5.94. The standard InChI is InChI=1S/C34H28N3/c1-2-4-31(5-3-1)27-37-22-16-30(17-23-37)8-11-34-25-32(9-6-28-12-18-35-19-13-28)24-33(26-34)10-7-29-14-20-36-21-15-29/h1-26H,27H2/q+1/b9-6+,10-7+,11-8+. The summed E-state index contributed by atoms with van der Waals surface area (Å²) in [6.45, 7) is 0.865. The summed E-state index contributed by atoms with van der Waals surface area (Å²) in [7, 11) is 0. The minimum absolute atomic E-state index is 0.865. The summed E-state index contributed by atoms with van der Waals surface area (Å²) in [4.78, 5) is 8.21. The van der Waals surface area contributed by atoms with E-state index in [0.717, 1.165) is 39.9 Å². The van der Waals surface area contributed by atoms with Gasteiger partial charge < -0.3 is 0 Å². The second-order valence-electron chi connectivity index (χ2n) is 8.78. The highest BCUT2D eigenvalue weighted by Crippen LogP contribution is 2.18. The monoisotopic (exact) mass is 478 g/mol. The van der Waals surface area contributed by atoms with Gasteiger partial charge in [0.15, 0.2) is 18.9 Å². The second-order valence-corrected chi connectivity index (χ2v) is 8.78. The molecule has 3 aromatic heterocycles. The molecule has 0 amide bonds. The molecule has 3 heterocycles. The van der Waals surface area contributed by atoms with Crippen molar-refractivity contribution in [2.75, 3.05) is 0 Å². The molecule has 0 radical (unpaired) electrons. The lowest BCUT2D eigenvalue weighted by atomic mass is 10.0. The van der Waals surface area contributed by atoms with E-state index in [4.69, 9.17) is 0 Å². The van der Waals surface area contributed by atoms with Crippen molar-refractivity contribution in [3.63, 3.8) is 0 Å². The minimum Gasteiger partial charge on any atom is -0.265 e. The van der Waals surface area contributed by atoms with Crippen molar-refractivity contribution in [1.82, 2.24) is 9.97 Å². The van der Waals surface area contributed by atoms with Gasteiger partial charge in [-0.2, -0.15) is 0 Å². The first kappa shape index (κ1) is 23.8. The predicted molar refractivity (Wildman–Crippen MR) is 154 cm³/mol. The Labute approximate surface area is 218 Å². The SMILES string of the molecule is C(=C\c1cc(/C=C/c2ccncc2)cc(/C=C/c2cc[n+](Cc3ccccc3)cc2)c1)/c1ccncc1. The Morgan fingerprint density at radius 2 is 0.865 bits per heavy atom. The van der Waals surface area contributed by atoms with Gasteiger partial charge >= 0.3 is 0 Å². The second kappa shape index (κ2) is 12.2. The topological polar surface area (TPSA) is 29.7 Å². The molecule has 0 aliphatic heterocycles. The van der Waals surface area contributed by atoms with Crippen LogP contribution in [0.5, 0.6) is 0 Å². The zero-order chi connectivity index (χ0) is 25.1. The smallest absolute Gasteiger partial charge is 0.173 e. The normalized spacial score (nSPS) is 11.6. The summed E-state index contributed by atoms with van der Waals surface area (Å²) >= 11 is 0. The van der Waals surface area contributed by atoms with Crippen LogP contribution in [-0.4, -0.2) is 9.97 Å². The van der Waals surface area contributed by atoms with E-state index in [1.54, 1.807) is 0 Å². The largest absolute Gasteiger partial charge is 0.265 e. The van der Waals surface area contributed by atoms with Crippen molar-refractivity contribution in [3.8, 4) is 0 Å². The number of hydrogen-bond acceptors (Lipinski definition) is 2. The highest BCUT2D eigenvalue weighted by Gasteiger charge is 2.02. The highest BCUT2D eigenvalue weighted by molar-refractivity contribution is 5.78. The van der Waals surface area contributed by atoms with E-state index in [-0.39, 0.29) is 0 Å². The van der Waals surface area contributed by atoms with E-state index in [0.29, 0.717) is 0 Å². The van der Waals surface area contributed by atoms with Gasteiger partial charge in [0.2, 0.25) is 0 Å². The molecule has 0 aliphatic rings. The van der Waals surface area contributed by atoms with E-state index in [2.05, 4.69) is 118 Å². The molecule has 3 nitrogen and oxygen atoms in total. The maximum absolute atomic E-state index is 4.10.